The molecular formula is C21H23ClN6. The fraction of sp³-hybridized carbons (Fsp3) is 0.476. The molecule has 144 valence electrons. The third-order valence-corrected chi connectivity index (χ3v) is 6.02. The Balaban J connectivity index is 1.48. The lowest BCUT2D eigenvalue weighted by molar-refractivity contribution is 0.417. The van der Waals surface area contributed by atoms with Crippen LogP contribution < -0.4 is 15.5 Å². The van der Waals surface area contributed by atoms with E-state index >= 15 is 0 Å². The van der Waals surface area contributed by atoms with Gasteiger partial charge in [0.25, 0.3) is 0 Å². The van der Waals surface area contributed by atoms with E-state index in [1.807, 2.05) is 12.1 Å². The molecule has 0 bridgehead atoms. The number of hydrogen-bond acceptors (Lipinski definition) is 6. The van der Waals surface area contributed by atoms with Gasteiger partial charge in [0.2, 0.25) is 0 Å². The molecule has 3 fully saturated rings. The van der Waals surface area contributed by atoms with Crippen LogP contribution in [0.2, 0.25) is 5.15 Å². The zero-order valence-corrected chi connectivity index (χ0v) is 16.4. The highest BCUT2D eigenvalue weighted by atomic mass is 35.5. The van der Waals surface area contributed by atoms with Crippen LogP contribution in [0.5, 0.6) is 0 Å². The van der Waals surface area contributed by atoms with Crippen molar-refractivity contribution in [2.75, 3.05) is 29.9 Å². The van der Waals surface area contributed by atoms with Crippen LogP contribution in [0.1, 0.15) is 42.9 Å². The summed E-state index contributed by atoms with van der Waals surface area (Å²) in [5, 5.41) is 17.3. The fourth-order valence-corrected chi connectivity index (χ4v) is 4.20. The van der Waals surface area contributed by atoms with Gasteiger partial charge in [-0.05, 0) is 49.8 Å². The topological polar surface area (TPSA) is 76.9 Å². The van der Waals surface area contributed by atoms with Gasteiger partial charge >= 0.3 is 0 Å². The van der Waals surface area contributed by atoms with E-state index in [1.54, 1.807) is 12.3 Å². The first-order valence-corrected chi connectivity index (χ1v) is 10.4. The van der Waals surface area contributed by atoms with Gasteiger partial charge in [0.1, 0.15) is 17.0 Å². The second-order valence-electron chi connectivity index (χ2n) is 8.01. The van der Waals surface area contributed by atoms with Crippen LogP contribution in [-0.4, -0.2) is 35.6 Å². The monoisotopic (exact) mass is 394 g/mol. The number of nitrogens with one attached hydrogen (secondary N) is 2. The Morgan fingerprint density at radius 3 is 2.82 bits per heavy atom. The van der Waals surface area contributed by atoms with Crippen molar-refractivity contribution >= 4 is 28.8 Å². The summed E-state index contributed by atoms with van der Waals surface area (Å²) in [6.07, 6.45) is 6.60. The number of hydrogen-bond donors (Lipinski definition) is 2. The molecule has 2 aliphatic carbocycles. The Morgan fingerprint density at radius 2 is 2.11 bits per heavy atom. The summed E-state index contributed by atoms with van der Waals surface area (Å²) < 4.78 is 0. The molecule has 5 rings (SSSR count). The Kier molecular flexibility index (Phi) is 4.58. The quantitative estimate of drug-likeness (QED) is 0.751. The van der Waals surface area contributed by atoms with Crippen molar-refractivity contribution < 1.29 is 0 Å². The Hall–Kier alpha value is -2.36. The van der Waals surface area contributed by atoms with Gasteiger partial charge in [-0.3, -0.25) is 0 Å². The van der Waals surface area contributed by atoms with Crippen LogP contribution in [0.3, 0.4) is 0 Å². The van der Waals surface area contributed by atoms with E-state index in [9.17, 15) is 5.26 Å². The molecule has 3 aliphatic rings. The van der Waals surface area contributed by atoms with Gasteiger partial charge in [0.15, 0.2) is 0 Å². The number of nitrogens with zero attached hydrogens (tertiary/aromatic N) is 4. The molecule has 2 aromatic heterocycles. The highest BCUT2D eigenvalue weighted by molar-refractivity contribution is 6.29. The molecule has 0 amide bonds. The van der Waals surface area contributed by atoms with Gasteiger partial charge in [-0.25, -0.2) is 9.97 Å². The van der Waals surface area contributed by atoms with Crippen molar-refractivity contribution in [3.05, 3.63) is 40.8 Å². The third kappa shape index (κ3) is 3.65. The van der Waals surface area contributed by atoms with E-state index in [-0.39, 0.29) is 0 Å². The van der Waals surface area contributed by atoms with Crippen LogP contribution in [0, 0.1) is 17.2 Å². The second kappa shape index (κ2) is 7.23. The molecule has 1 atom stereocenters. The maximum absolute atomic E-state index is 9.83. The van der Waals surface area contributed by atoms with Gasteiger partial charge in [0.05, 0.1) is 16.9 Å². The SMILES string of the molecule is N#Cc1cc(Nc2ccnc(Cl)c2)c(C2CC2)nc1N1CCN[C@H](C2CC2)C1. The van der Waals surface area contributed by atoms with E-state index in [0.717, 1.165) is 61.3 Å². The molecule has 0 aromatic carbocycles. The lowest BCUT2D eigenvalue weighted by atomic mass is 10.1. The molecule has 2 aromatic rings. The van der Waals surface area contributed by atoms with E-state index < -0.39 is 0 Å². The summed E-state index contributed by atoms with van der Waals surface area (Å²) in [5.74, 6) is 2.09. The summed E-state index contributed by atoms with van der Waals surface area (Å²) in [6.45, 7) is 2.77. The van der Waals surface area contributed by atoms with E-state index in [2.05, 4.69) is 26.6 Å². The van der Waals surface area contributed by atoms with Crippen LogP contribution in [0.25, 0.3) is 0 Å². The zero-order chi connectivity index (χ0) is 19.1. The summed E-state index contributed by atoms with van der Waals surface area (Å²) >= 11 is 6.02. The number of nitriles is 1. The van der Waals surface area contributed by atoms with Crippen molar-refractivity contribution in [3.8, 4) is 6.07 Å². The number of piperazine rings is 1. The standard InChI is InChI=1S/C21H23ClN6/c22-19-10-16(5-6-25-19)26-17-9-15(11-23)21(27-20(17)14-3-4-14)28-8-7-24-18(12-28)13-1-2-13/h5-6,9-10,13-14,18,24H,1-4,7-8,12H2,(H,25,26)/t18-/m0/s1. The summed E-state index contributed by atoms with van der Waals surface area (Å²) in [5.41, 5.74) is 3.45. The highest BCUT2D eigenvalue weighted by Gasteiger charge is 2.36. The highest BCUT2D eigenvalue weighted by Crippen LogP contribution is 2.44. The zero-order valence-electron chi connectivity index (χ0n) is 15.7. The van der Waals surface area contributed by atoms with E-state index in [1.165, 1.54) is 12.8 Å². The van der Waals surface area contributed by atoms with Gasteiger partial charge in [-0.15, -0.1) is 0 Å². The maximum atomic E-state index is 9.83. The molecule has 6 nitrogen and oxygen atoms in total. The molecule has 0 spiro atoms. The number of rotatable bonds is 5. The van der Waals surface area contributed by atoms with Gasteiger partial charge in [-0.2, -0.15) is 5.26 Å². The van der Waals surface area contributed by atoms with Crippen molar-refractivity contribution in [2.24, 2.45) is 5.92 Å². The van der Waals surface area contributed by atoms with Crippen molar-refractivity contribution in [1.29, 1.82) is 5.26 Å². The Bertz CT molecular complexity index is 931. The van der Waals surface area contributed by atoms with Crippen molar-refractivity contribution in [1.82, 2.24) is 15.3 Å². The number of pyridine rings is 2. The molecule has 2 N–H and O–H groups in total. The molecule has 0 unspecified atom stereocenters. The van der Waals surface area contributed by atoms with E-state index in [0.29, 0.717) is 22.7 Å². The van der Waals surface area contributed by atoms with Crippen LogP contribution in [0.15, 0.2) is 24.4 Å². The summed E-state index contributed by atoms with van der Waals surface area (Å²) in [6, 6.07) is 8.51. The third-order valence-electron chi connectivity index (χ3n) is 5.82. The molecule has 2 saturated carbocycles. The average molecular weight is 395 g/mol. The maximum Gasteiger partial charge on any atom is 0.147 e. The van der Waals surface area contributed by atoms with Crippen molar-refractivity contribution in [3.63, 3.8) is 0 Å². The van der Waals surface area contributed by atoms with Crippen molar-refractivity contribution in [2.45, 2.75) is 37.6 Å². The molecule has 28 heavy (non-hydrogen) atoms. The molecular weight excluding hydrogens is 372 g/mol. The lowest BCUT2D eigenvalue weighted by Gasteiger charge is -2.35. The number of aromatic nitrogens is 2. The summed E-state index contributed by atoms with van der Waals surface area (Å²) in [7, 11) is 0. The van der Waals surface area contributed by atoms with Crippen LogP contribution in [-0.2, 0) is 0 Å². The normalized spacial score (nSPS) is 22.0. The lowest BCUT2D eigenvalue weighted by Crippen LogP contribution is -2.52. The number of halogens is 1. The van der Waals surface area contributed by atoms with Gasteiger partial charge in [0, 0.05) is 43.5 Å². The second-order valence-corrected chi connectivity index (χ2v) is 8.40. The Morgan fingerprint density at radius 1 is 1.25 bits per heavy atom. The minimum Gasteiger partial charge on any atom is -0.354 e. The predicted molar refractivity (Wildman–Crippen MR) is 110 cm³/mol. The first-order chi connectivity index (χ1) is 13.7. The van der Waals surface area contributed by atoms with Crippen LogP contribution >= 0.6 is 11.6 Å². The Labute approximate surface area is 169 Å². The predicted octanol–water partition coefficient (Wildman–Crippen LogP) is 3.81. The molecule has 3 heterocycles. The minimum absolute atomic E-state index is 0.440. The first kappa shape index (κ1) is 17.7. The minimum atomic E-state index is 0.440. The van der Waals surface area contributed by atoms with Gasteiger partial charge in [-0.1, -0.05) is 11.6 Å². The van der Waals surface area contributed by atoms with E-state index in [4.69, 9.17) is 16.6 Å². The van der Waals surface area contributed by atoms with Crippen LogP contribution in [0.4, 0.5) is 17.2 Å². The fourth-order valence-electron chi connectivity index (χ4n) is 4.03. The molecule has 1 saturated heterocycles. The number of anilines is 3. The molecule has 0 radical (unpaired) electrons. The smallest absolute Gasteiger partial charge is 0.147 e. The first-order valence-electron chi connectivity index (χ1n) is 10.0. The summed E-state index contributed by atoms with van der Waals surface area (Å²) in [4.78, 5) is 11.4. The largest absolute Gasteiger partial charge is 0.354 e. The average Bonchev–Trinajstić information content (AvgIpc) is 3.61. The van der Waals surface area contributed by atoms with Gasteiger partial charge < -0.3 is 15.5 Å². The molecule has 1 aliphatic heterocycles. The molecule has 7 heteroatoms.